The molecule has 1 rings (SSSR count). The molecule has 0 aromatic heterocycles. The third-order valence-electron chi connectivity index (χ3n) is 3.14. The molecule has 16 heavy (non-hydrogen) atoms. The molecule has 0 spiro atoms. The number of carbonyl (C=O) groups excluding carboxylic acids is 1. The topological polar surface area (TPSA) is 35.5 Å². The Morgan fingerprint density at radius 1 is 1.25 bits per heavy atom. The maximum absolute atomic E-state index is 12.2. The summed E-state index contributed by atoms with van der Waals surface area (Å²) in [5, 5.41) is 0. The van der Waals surface area contributed by atoms with E-state index >= 15 is 0 Å². The molecule has 3 heteroatoms. The van der Waals surface area contributed by atoms with Crippen LogP contribution in [-0.2, 0) is 14.3 Å². The van der Waals surface area contributed by atoms with Crippen molar-refractivity contribution in [2.75, 3.05) is 13.2 Å². The summed E-state index contributed by atoms with van der Waals surface area (Å²) < 4.78 is 11.1. The minimum atomic E-state index is -0.540. The lowest BCUT2D eigenvalue weighted by molar-refractivity contribution is -0.155. The number of hydrogen-bond donors (Lipinski definition) is 0. The summed E-state index contributed by atoms with van der Waals surface area (Å²) in [5.41, 5.74) is -0.540. The number of Topliss-reactive ketones (excluding diaryl/α,β-unsaturated/α-hetero) is 1. The maximum Gasteiger partial charge on any atom is 0.190 e. The van der Waals surface area contributed by atoms with Gasteiger partial charge in [-0.25, -0.2) is 0 Å². The van der Waals surface area contributed by atoms with Crippen LogP contribution in [0.15, 0.2) is 0 Å². The van der Waals surface area contributed by atoms with Crippen molar-refractivity contribution in [1.29, 1.82) is 0 Å². The fourth-order valence-corrected chi connectivity index (χ4v) is 2.28. The molecule has 1 aliphatic rings. The molecule has 0 heterocycles. The van der Waals surface area contributed by atoms with Gasteiger partial charge in [-0.3, -0.25) is 4.79 Å². The van der Waals surface area contributed by atoms with Gasteiger partial charge in [0.15, 0.2) is 5.78 Å². The zero-order chi connectivity index (χ0) is 12.0. The summed E-state index contributed by atoms with van der Waals surface area (Å²) in [5.74, 6) is 0.128. The molecule has 0 saturated heterocycles. The van der Waals surface area contributed by atoms with E-state index < -0.39 is 5.60 Å². The Morgan fingerprint density at radius 3 is 2.38 bits per heavy atom. The fourth-order valence-electron chi connectivity index (χ4n) is 2.28. The van der Waals surface area contributed by atoms with Crippen LogP contribution >= 0.6 is 0 Å². The van der Waals surface area contributed by atoms with E-state index in [0.29, 0.717) is 6.61 Å². The van der Waals surface area contributed by atoms with E-state index in [0.717, 1.165) is 25.7 Å². The summed E-state index contributed by atoms with van der Waals surface area (Å²) in [7, 11) is 0. The monoisotopic (exact) mass is 228 g/mol. The van der Waals surface area contributed by atoms with Crippen molar-refractivity contribution in [1.82, 2.24) is 0 Å². The molecular formula is C13H24O3. The summed E-state index contributed by atoms with van der Waals surface area (Å²) in [6.07, 6.45) is 5.22. The van der Waals surface area contributed by atoms with E-state index in [1.54, 1.807) is 0 Å². The van der Waals surface area contributed by atoms with Gasteiger partial charge in [0.1, 0.15) is 12.2 Å². The first-order valence-electron chi connectivity index (χ1n) is 6.39. The van der Waals surface area contributed by atoms with Gasteiger partial charge >= 0.3 is 0 Å². The molecule has 0 atom stereocenters. The highest BCUT2D eigenvalue weighted by Crippen LogP contribution is 2.32. The predicted molar refractivity (Wildman–Crippen MR) is 63.5 cm³/mol. The largest absolute Gasteiger partial charge is 0.371 e. The number of ketones is 1. The normalized spacial score (nSPS) is 20.0. The Morgan fingerprint density at radius 2 is 1.88 bits per heavy atom. The SMILES string of the molecule is CCOC1(C(=O)COC(C)C)CCCCC1. The lowest BCUT2D eigenvalue weighted by Crippen LogP contribution is -2.45. The Bertz CT molecular complexity index is 212. The fraction of sp³-hybridized carbons (Fsp3) is 0.923. The van der Waals surface area contributed by atoms with Crippen molar-refractivity contribution in [3.63, 3.8) is 0 Å². The standard InChI is InChI=1S/C13H24O3/c1-4-16-13(8-6-5-7-9-13)12(14)10-15-11(2)3/h11H,4-10H2,1-3H3. The molecule has 1 fully saturated rings. The first kappa shape index (κ1) is 13.7. The van der Waals surface area contributed by atoms with Crippen LogP contribution in [0, 0.1) is 0 Å². The van der Waals surface area contributed by atoms with Gasteiger partial charge in [-0.15, -0.1) is 0 Å². The summed E-state index contributed by atoms with van der Waals surface area (Å²) in [4.78, 5) is 12.2. The molecule has 0 unspecified atom stereocenters. The third kappa shape index (κ3) is 3.56. The molecular weight excluding hydrogens is 204 g/mol. The van der Waals surface area contributed by atoms with Gasteiger partial charge in [0.05, 0.1) is 6.10 Å². The Balaban J connectivity index is 2.57. The van der Waals surface area contributed by atoms with Crippen LogP contribution in [0.2, 0.25) is 0 Å². The number of hydrogen-bond acceptors (Lipinski definition) is 3. The molecule has 94 valence electrons. The van der Waals surface area contributed by atoms with Gasteiger partial charge in [-0.2, -0.15) is 0 Å². The molecule has 3 nitrogen and oxygen atoms in total. The average molecular weight is 228 g/mol. The van der Waals surface area contributed by atoms with E-state index in [1.807, 2.05) is 20.8 Å². The molecule has 0 N–H and O–H groups in total. The Labute approximate surface area is 98.5 Å². The second-order valence-corrected chi connectivity index (χ2v) is 4.77. The lowest BCUT2D eigenvalue weighted by Gasteiger charge is -2.35. The highest BCUT2D eigenvalue weighted by atomic mass is 16.5. The number of carbonyl (C=O) groups is 1. The van der Waals surface area contributed by atoms with Gasteiger partial charge in [0.2, 0.25) is 0 Å². The molecule has 0 bridgehead atoms. The molecule has 1 aliphatic carbocycles. The number of rotatable bonds is 6. The van der Waals surface area contributed by atoms with Crippen molar-refractivity contribution < 1.29 is 14.3 Å². The summed E-state index contributed by atoms with van der Waals surface area (Å²) in [6, 6.07) is 0. The van der Waals surface area contributed by atoms with Gasteiger partial charge in [0, 0.05) is 6.61 Å². The van der Waals surface area contributed by atoms with Crippen LogP contribution in [0.25, 0.3) is 0 Å². The zero-order valence-electron chi connectivity index (χ0n) is 10.8. The molecule has 0 aliphatic heterocycles. The van der Waals surface area contributed by atoms with E-state index in [2.05, 4.69) is 0 Å². The van der Waals surface area contributed by atoms with Crippen molar-refractivity contribution in [2.24, 2.45) is 0 Å². The van der Waals surface area contributed by atoms with E-state index in [-0.39, 0.29) is 18.5 Å². The van der Waals surface area contributed by atoms with Gasteiger partial charge in [-0.1, -0.05) is 19.3 Å². The lowest BCUT2D eigenvalue weighted by atomic mass is 9.81. The zero-order valence-corrected chi connectivity index (χ0v) is 10.8. The molecule has 0 radical (unpaired) electrons. The van der Waals surface area contributed by atoms with Gasteiger partial charge in [-0.05, 0) is 33.6 Å². The summed E-state index contributed by atoms with van der Waals surface area (Å²) in [6.45, 7) is 6.64. The van der Waals surface area contributed by atoms with Crippen LogP contribution in [0.4, 0.5) is 0 Å². The average Bonchev–Trinajstić information content (AvgIpc) is 2.27. The molecule has 0 amide bonds. The van der Waals surface area contributed by atoms with Crippen molar-refractivity contribution in [2.45, 2.75) is 64.6 Å². The number of ether oxygens (including phenoxy) is 2. The maximum atomic E-state index is 12.2. The first-order valence-corrected chi connectivity index (χ1v) is 6.39. The second kappa shape index (κ2) is 6.36. The van der Waals surface area contributed by atoms with Gasteiger partial charge < -0.3 is 9.47 Å². The Kier molecular flexibility index (Phi) is 5.42. The van der Waals surface area contributed by atoms with Crippen molar-refractivity contribution in [3.8, 4) is 0 Å². The van der Waals surface area contributed by atoms with Crippen LogP contribution in [0.5, 0.6) is 0 Å². The van der Waals surface area contributed by atoms with Crippen LogP contribution in [0.1, 0.15) is 52.9 Å². The van der Waals surface area contributed by atoms with E-state index in [1.165, 1.54) is 6.42 Å². The van der Waals surface area contributed by atoms with E-state index in [4.69, 9.17) is 9.47 Å². The van der Waals surface area contributed by atoms with Crippen molar-refractivity contribution >= 4 is 5.78 Å². The highest BCUT2D eigenvalue weighted by Gasteiger charge is 2.39. The predicted octanol–water partition coefficient (Wildman–Crippen LogP) is 2.72. The van der Waals surface area contributed by atoms with Crippen LogP contribution in [0.3, 0.4) is 0 Å². The first-order chi connectivity index (χ1) is 7.60. The molecule has 0 aromatic carbocycles. The third-order valence-corrected chi connectivity index (χ3v) is 3.14. The van der Waals surface area contributed by atoms with Crippen molar-refractivity contribution in [3.05, 3.63) is 0 Å². The quantitative estimate of drug-likeness (QED) is 0.701. The highest BCUT2D eigenvalue weighted by molar-refractivity contribution is 5.88. The van der Waals surface area contributed by atoms with Crippen LogP contribution < -0.4 is 0 Å². The van der Waals surface area contributed by atoms with Gasteiger partial charge in [0.25, 0.3) is 0 Å². The molecule has 0 aromatic rings. The Hall–Kier alpha value is -0.410. The minimum absolute atomic E-state index is 0.103. The molecule has 1 saturated carbocycles. The van der Waals surface area contributed by atoms with E-state index in [9.17, 15) is 4.79 Å². The second-order valence-electron chi connectivity index (χ2n) is 4.77. The summed E-state index contributed by atoms with van der Waals surface area (Å²) >= 11 is 0. The smallest absolute Gasteiger partial charge is 0.190 e. The minimum Gasteiger partial charge on any atom is -0.371 e. The van der Waals surface area contributed by atoms with Crippen LogP contribution in [-0.4, -0.2) is 30.7 Å².